The summed E-state index contributed by atoms with van der Waals surface area (Å²) in [6.07, 6.45) is -5.74. The first-order valence-electron chi connectivity index (χ1n) is 4.50. The van der Waals surface area contributed by atoms with E-state index in [1.807, 2.05) is 0 Å². The van der Waals surface area contributed by atoms with Gasteiger partial charge in [0.25, 0.3) is 0 Å². The molecule has 9 heteroatoms. The van der Waals surface area contributed by atoms with Crippen molar-refractivity contribution in [2.24, 2.45) is 0 Å². The molecule has 4 nitrogen and oxygen atoms in total. The van der Waals surface area contributed by atoms with Crippen LogP contribution in [0.4, 0.5) is 18.0 Å². The van der Waals surface area contributed by atoms with Crippen LogP contribution in [0.2, 0.25) is 0 Å². The van der Waals surface area contributed by atoms with E-state index in [4.69, 9.17) is 11.6 Å². The maximum Gasteiger partial charge on any atom is 0.414 e. The zero-order valence-electron chi connectivity index (χ0n) is 8.59. The van der Waals surface area contributed by atoms with Crippen molar-refractivity contribution in [3.05, 3.63) is 28.0 Å². The molecular formula is C9H6BrClF3N2O2-. The predicted octanol–water partition coefficient (Wildman–Crippen LogP) is 2.12. The minimum atomic E-state index is -4.83. The van der Waals surface area contributed by atoms with E-state index >= 15 is 0 Å². The van der Waals surface area contributed by atoms with E-state index in [2.05, 4.69) is 20.9 Å². The third-order valence-electron chi connectivity index (χ3n) is 1.98. The molecule has 0 saturated heterocycles. The van der Waals surface area contributed by atoms with Crippen molar-refractivity contribution in [3.8, 4) is 0 Å². The topological polar surface area (TPSA) is 65.0 Å². The average molecular weight is 347 g/mol. The molecule has 1 heterocycles. The molecule has 1 amide bonds. The number of alkyl halides is 4. The van der Waals surface area contributed by atoms with Gasteiger partial charge in [-0.2, -0.15) is 13.2 Å². The molecule has 0 bridgehead atoms. The summed E-state index contributed by atoms with van der Waals surface area (Å²) < 4.78 is 38.6. The van der Waals surface area contributed by atoms with Gasteiger partial charge in [0, 0.05) is 16.5 Å². The highest BCUT2D eigenvalue weighted by atomic mass is 79.9. The standard InChI is InChI=1S/C9H7BrClF3N2O2/c10-5-1-4(2-11)6(15-3-5)7(9(12,13)14)16-8(17)18/h1,3,7,16H,2H2,(H,17,18)/p-1. The largest absolute Gasteiger partial charge is 0.530 e. The van der Waals surface area contributed by atoms with Crippen molar-refractivity contribution < 1.29 is 23.1 Å². The van der Waals surface area contributed by atoms with Crippen molar-refractivity contribution in [2.45, 2.75) is 18.1 Å². The van der Waals surface area contributed by atoms with Crippen LogP contribution in [0, 0.1) is 0 Å². The number of carbonyl (C=O) groups is 1. The van der Waals surface area contributed by atoms with Gasteiger partial charge in [-0.05, 0) is 27.6 Å². The summed E-state index contributed by atoms with van der Waals surface area (Å²) in [5.74, 6) is -0.233. The smallest absolute Gasteiger partial charge is 0.414 e. The number of rotatable bonds is 3. The quantitative estimate of drug-likeness (QED) is 0.853. The van der Waals surface area contributed by atoms with E-state index in [0.717, 1.165) is 6.20 Å². The van der Waals surface area contributed by atoms with Crippen LogP contribution in [0.15, 0.2) is 16.7 Å². The van der Waals surface area contributed by atoms with Gasteiger partial charge < -0.3 is 15.2 Å². The fourth-order valence-corrected chi connectivity index (χ4v) is 1.87. The number of nitrogens with zero attached hydrogens (tertiary/aromatic N) is 1. The maximum absolute atomic E-state index is 12.7. The van der Waals surface area contributed by atoms with E-state index in [-0.39, 0.29) is 11.4 Å². The van der Waals surface area contributed by atoms with Crippen molar-refractivity contribution >= 4 is 33.6 Å². The molecular weight excluding hydrogens is 340 g/mol. The van der Waals surface area contributed by atoms with Crippen LogP contribution >= 0.6 is 27.5 Å². The second-order valence-electron chi connectivity index (χ2n) is 3.24. The fraction of sp³-hybridized carbons (Fsp3) is 0.333. The molecule has 0 fully saturated rings. The van der Waals surface area contributed by atoms with Gasteiger partial charge in [0.2, 0.25) is 0 Å². The maximum atomic E-state index is 12.7. The van der Waals surface area contributed by atoms with E-state index in [0.29, 0.717) is 4.47 Å². The van der Waals surface area contributed by atoms with E-state index in [1.165, 1.54) is 11.4 Å². The van der Waals surface area contributed by atoms with E-state index in [9.17, 15) is 23.1 Å². The molecule has 1 atom stereocenters. The summed E-state index contributed by atoms with van der Waals surface area (Å²) in [7, 11) is 0. The average Bonchev–Trinajstić information content (AvgIpc) is 2.24. The number of aromatic nitrogens is 1. The lowest BCUT2D eigenvalue weighted by molar-refractivity contribution is -0.257. The van der Waals surface area contributed by atoms with Gasteiger partial charge >= 0.3 is 6.18 Å². The summed E-state index contributed by atoms with van der Waals surface area (Å²) in [6.45, 7) is 0. The van der Waals surface area contributed by atoms with Crippen molar-refractivity contribution in [1.29, 1.82) is 0 Å². The number of carboxylic acid groups (broad SMARTS) is 1. The van der Waals surface area contributed by atoms with Crippen LogP contribution in [0.1, 0.15) is 17.3 Å². The number of hydrogen-bond acceptors (Lipinski definition) is 3. The molecule has 0 aromatic carbocycles. The third-order valence-corrected chi connectivity index (χ3v) is 2.70. The summed E-state index contributed by atoms with van der Waals surface area (Å²) in [5, 5.41) is 11.6. The van der Waals surface area contributed by atoms with Crippen LogP contribution in [0.3, 0.4) is 0 Å². The molecule has 0 saturated carbocycles. The molecule has 0 aliphatic carbocycles. The number of nitrogens with one attached hydrogen (secondary N) is 1. The van der Waals surface area contributed by atoms with Crippen LogP contribution in [-0.2, 0) is 5.88 Å². The van der Waals surface area contributed by atoms with Crippen LogP contribution in [0.5, 0.6) is 0 Å². The Hall–Kier alpha value is -1.02. The highest BCUT2D eigenvalue weighted by molar-refractivity contribution is 9.10. The zero-order valence-corrected chi connectivity index (χ0v) is 10.9. The fourth-order valence-electron chi connectivity index (χ4n) is 1.28. The Morgan fingerprint density at radius 2 is 2.22 bits per heavy atom. The summed E-state index contributed by atoms with van der Waals surface area (Å²) >= 11 is 8.55. The first-order valence-corrected chi connectivity index (χ1v) is 5.83. The van der Waals surface area contributed by atoms with Gasteiger partial charge in [-0.3, -0.25) is 4.98 Å². The summed E-state index contributed by atoms with van der Waals surface area (Å²) in [4.78, 5) is 13.9. The first-order chi connectivity index (χ1) is 8.25. The van der Waals surface area contributed by atoms with E-state index in [1.54, 1.807) is 0 Å². The van der Waals surface area contributed by atoms with Crippen LogP contribution in [0.25, 0.3) is 0 Å². The lowest BCUT2D eigenvalue weighted by Gasteiger charge is -2.24. The minimum absolute atomic E-state index is 0.0714. The highest BCUT2D eigenvalue weighted by Crippen LogP contribution is 2.34. The van der Waals surface area contributed by atoms with Gasteiger partial charge in [0.05, 0.1) is 5.69 Å². The van der Waals surface area contributed by atoms with Gasteiger partial charge in [-0.15, -0.1) is 11.6 Å². The molecule has 1 aromatic rings. The van der Waals surface area contributed by atoms with Crippen molar-refractivity contribution in [3.63, 3.8) is 0 Å². The molecule has 0 aliphatic heterocycles. The summed E-state index contributed by atoms with van der Waals surface area (Å²) in [6, 6.07) is -1.13. The van der Waals surface area contributed by atoms with Gasteiger partial charge in [0.15, 0.2) is 6.04 Å². The monoisotopic (exact) mass is 345 g/mol. The molecule has 1 unspecified atom stereocenters. The Kier molecular flexibility index (Phi) is 4.80. The molecule has 18 heavy (non-hydrogen) atoms. The molecule has 1 N–H and O–H groups in total. The van der Waals surface area contributed by atoms with Gasteiger partial charge in [-0.1, -0.05) is 0 Å². The highest BCUT2D eigenvalue weighted by Gasteiger charge is 2.43. The number of amides is 1. The lowest BCUT2D eigenvalue weighted by atomic mass is 10.1. The molecule has 0 radical (unpaired) electrons. The minimum Gasteiger partial charge on any atom is -0.530 e. The van der Waals surface area contributed by atoms with Crippen LogP contribution < -0.4 is 10.4 Å². The third kappa shape index (κ3) is 3.74. The Balaban J connectivity index is 3.24. The number of pyridine rings is 1. The molecule has 1 aromatic heterocycles. The second kappa shape index (κ2) is 5.75. The second-order valence-corrected chi connectivity index (χ2v) is 4.42. The van der Waals surface area contributed by atoms with Gasteiger partial charge in [-0.25, -0.2) is 0 Å². The molecule has 100 valence electrons. The molecule has 0 aliphatic rings. The Morgan fingerprint density at radius 1 is 1.61 bits per heavy atom. The SMILES string of the molecule is O=C([O-])NC(c1ncc(Br)cc1CCl)C(F)(F)F. The Morgan fingerprint density at radius 3 is 2.67 bits per heavy atom. The number of hydrogen-bond donors (Lipinski definition) is 1. The normalized spacial score (nSPS) is 13.2. The lowest BCUT2D eigenvalue weighted by Crippen LogP contribution is -2.45. The van der Waals surface area contributed by atoms with Crippen LogP contribution in [-0.4, -0.2) is 17.3 Å². The zero-order chi connectivity index (χ0) is 13.9. The predicted molar refractivity (Wildman–Crippen MR) is 58.8 cm³/mol. The van der Waals surface area contributed by atoms with E-state index < -0.39 is 24.0 Å². The van der Waals surface area contributed by atoms with Crippen molar-refractivity contribution in [1.82, 2.24) is 10.3 Å². The first kappa shape index (κ1) is 15.0. The Bertz CT molecular complexity index is 456. The number of carbonyl (C=O) groups excluding carboxylic acids is 1. The van der Waals surface area contributed by atoms with Crippen molar-refractivity contribution in [2.75, 3.05) is 0 Å². The molecule has 1 rings (SSSR count). The van der Waals surface area contributed by atoms with Gasteiger partial charge in [0.1, 0.15) is 6.09 Å². The molecule has 0 spiro atoms. The summed E-state index contributed by atoms with van der Waals surface area (Å²) in [5.41, 5.74) is -0.424. The number of halogens is 5. The Labute approximate surface area is 113 Å².